The first-order valence-electron chi connectivity index (χ1n) is 7.75. The van der Waals surface area contributed by atoms with Gasteiger partial charge in [-0.05, 0) is 30.4 Å². The standard InChI is InChI=1S/C17H22ClNO/c18-10-11-19(14-7-2-1-3-8-14)17(20)16-12-13-6-4-5-9-15(13)16/h4-6,9,14,16H,1-3,7-8,10-12H2. The van der Waals surface area contributed by atoms with Crippen molar-refractivity contribution in [2.45, 2.75) is 50.5 Å². The normalized spacial score (nSPS) is 21.9. The van der Waals surface area contributed by atoms with Crippen molar-refractivity contribution in [3.63, 3.8) is 0 Å². The number of nitrogens with zero attached hydrogens (tertiary/aromatic N) is 1. The maximum atomic E-state index is 12.8. The summed E-state index contributed by atoms with van der Waals surface area (Å²) in [6, 6.07) is 8.73. The van der Waals surface area contributed by atoms with Gasteiger partial charge in [0, 0.05) is 18.5 Å². The molecule has 0 spiro atoms. The van der Waals surface area contributed by atoms with Crippen molar-refractivity contribution in [1.29, 1.82) is 0 Å². The van der Waals surface area contributed by atoms with E-state index >= 15 is 0 Å². The minimum atomic E-state index is 0.0799. The van der Waals surface area contributed by atoms with Crippen LogP contribution in [0.3, 0.4) is 0 Å². The lowest BCUT2D eigenvalue weighted by Gasteiger charge is -2.39. The number of hydrogen-bond donors (Lipinski definition) is 0. The van der Waals surface area contributed by atoms with E-state index < -0.39 is 0 Å². The van der Waals surface area contributed by atoms with Crippen LogP contribution in [0.1, 0.15) is 49.1 Å². The summed E-state index contributed by atoms with van der Waals surface area (Å²) in [4.78, 5) is 14.9. The lowest BCUT2D eigenvalue weighted by molar-refractivity contribution is -0.136. The fourth-order valence-corrected chi connectivity index (χ4v) is 3.82. The Hall–Kier alpha value is -1.02. The van der Waals surface area contributed by atoms with Crippen LogP contribution in [0, 0.1) is 0 Å². The van der Waals surface area contributed by atoms with Crippen LogP contribution in [-0.4, -0.2) is 29.3 Å². The Kier molecular flexibility index (Phi) is 4.30. The quantitative estimate of drug-likeness (QED) is 0.774. The number of fused-ring (bicyclic) bond motifs is 1. The van der Waals surface area contributed by atoms with Gasteiger partial charge in [-0.1, -0.05) is 43.5 Å². The van der Waals surface area contributed by atoms with Crippen LogP contribution < -0.4 is 0 Å². The first kappa shape index (κ1) is 13.9. The van der Waals surface area contributed by atoms with Gasteiger partial charge in [0.25, 0.3) is 0 Å². The van der Waals surface area contributed by atoms with Gasteiger partial charge in [-0.3, -0.25) is 4.79 Å². The Morgan fingerprint density at radius 2 is 1.95 bits per heavy atom. The minimum Gasteiger partial charge on any atom is -0.338 e. The van der Waals surface area contributed by atoms with Crippen molar-refractivity contribution in [1.82, 2.24) is 4.90 Å². The Morgan fingerprint density at radius 3 is 2.65 bits per heavy atom. The third-order valence-electron chi connectivity index (χ3n) is 4.78. The number of rotatable bonds is 4. The summed E-state index contributed by atoms with van der Waals surface area (Å²) >= 11 is 5.93. The van der Waals surface area contributed by atoms with E-state index in [0.29, 0.717) is 24.4 Å². The van der Waals surface area contributed by atoms with Gasteiger partial charge in [0.15, 0.2) is 0 Å². The molecule has 2 nitrogen and oxygen atoms in total. The molecule has 0 radical (unpaired) electrons. The van der Waals surface area contributed by atoms with Crippen LogP contribution >= 0.6 is 11.6 Å². The number of carbonyl (C=O) groups excluding carboxylic acids is 1. The summed E-state index contributed by atoms with van der Waals surface area (Å²) in [5.74, 6) is 0.920. The van der Waals surface area contributed by atoms with Crippen LogP contribution in [0.15, 0.2) is 24.3 Å². The van der Waals surface area contributed by atoms with E-state index in [4.69, 9.17) is 11.6 Å². The molecular formula is C17H22ClNO. The average molecular weight is 292 g/mol. The van der Waals surface area contributed by atoms with Crippen molar-refractivity contribution >= 4 is 17.5 Å². The maximum Gasteiger partial charge on any atom is 0.230 e. The molecule has 2 aliphatic carbocycles. The van der Waals surface area contributed by atoms with E-state index in [1.54, 1.807) is 0 Å². The van der Waals surface area contributed by atoms with Crippen LogP contribution in [0.2, 0.25) is 0 Å². The number of hydrogen-bond acceptors (Lipinski definition) is 1. The predicted molar refractivity (Wildman–Crippen MR) is 82.2 cm³/mol. The second-order valence-electron chi connectivity index (χ2n) is 5.97. The van der Waals surface area contributed by atoms with E-state index in [2.05, 4.69) is 23.1 Å². The van der Waals surface area contributed by atoms with Gasteiger partial charge in [0.05, 0.1) is 5.92 Å². The third kappa shape index (κ3) is 2.58. The molecule has 1 amide bonds. The summed E-state index contributed by atoms with van der Waals surface area (Å²) in [5.41, 5.74) is 2.56. The van der Waals surface area contributed by atoms with Crippen LogP contribution in [0.25, 0.3) is 0 Å². The average Bonchev–Trinajstić information content (AvgIpc) is 2.47. The Morgan fingerprint density at radius 1 is 1.20 bits per heavy atom. The Labute approximate surface area is 126 Å². The summed E-state index contributed by atoms with van der Waals surface area (Å²) in [7, 11) is 0. The molecule has 2 aliphatic rings. The van der Waals surface area contributed by atoms with E-state index in [1.165, 1.54) is 30.4 Å². The van der Waals surface area contributed by atoms with Crippen molar-refractivity contribution in [2.24, 2.45) is 0 Å². The molecule has 3 rings (SSSR count). The highest BCUT2D eigenvalue weighted by Crippen LogP contribution is 2.37. The number of carbonyl (C=O) groups is 1. The molecule has 1 aromatic carbocycles. The highest BCUT2D eigenvalue weighted by atomic mass is 35.5. The zero-order valence-corrected chi connectivity index (χ0v) is 12.6. The fraction of sp³-hybridized carbons (Fsp3) is 0.588. The van der Waals surface area contributed by atoms with Crippen LogP contribution in [-0.2, 0) is 11.2 Å². The summed E-state index contributed by atoms with van der Waals surface area (Å²) < 4.78 is 0. The highest BCUT2D eigenvalue weighted by Gasteiger charge is 2.36. The van der Waals surface area contributed by atoms with Gasteiger partial charge in [-0.2, -0.15) is 0 Å². The Bertz CT molecular complexity index is 482. The zero-order chi connectivity index (χ0) is 13.9. The number of amides is 1. The van der Waals surface area contributed by atoms with Gasteiger partial charge in [-0.25, -0.2) is 0 Å². The van der Waals surface area contributed by atoms with E-state index in [9.17, 15) is 4.79 Å². The second-order valence-corrected chi connectivity index (χ2v) is 6.35. The third-order valence-corrected chi connectivity index (χ3v) is 4.95. The summed E-state index contributed by atoms with van der Waals surface area (Å²) in [5, 5.41) is 0. The largest absolute Gasteiger partial charge is 0.338 e. The smallest absolute Gasteiger partial charge is 0.230 e. The van der Waals surface area contributed by atoms with E-state index in [0.717, 1.165) is 19.3 Å². The Balaban J connectivity index is 1.73. The van der Waals surface area contributed by atoms with Gasteiger partial charge in [-0.15, -0.1) is 11.6 Å². The molecule has 0 aromatic heterocycles. The molecule has 0 bridgehead atoms. The van der Waals surface area contributed by atoms with Gasteiger partial charge in [0.1, 0.15) is 0 Å². The topological polar surface area (TPSA) is 20.3 Å². The van der Waals surface area contributed by atoms with Crippen LogP contribution in [0.4, 0.5) is 0 Å². The van der Waals surface area contributed by atoms with Crippen molar-refractivity contribution in [2.75, 3.05) is 12.4 Å². The van der Waals surface area contributed by atoms with Gasteiger partial charge in [0.2, 0.25) is 5.91 Å². The molecule has 1 aromatic rings. The van der Waals surface area contributed by atoms with Crippen molar-refractivity contribution in [3.8, 4) is 0 Å². The lowest BCUT2D eigenvalue weighted by atomic mass is 9.76. The van der Waals surface area contributed by atoms with E-state index in [-0.39, 0.29) is 5.92 Å². The molecule has 1 atom stereocenters. The minimum absolute atomic E-state index is 0.0799. The monoisotopic (exact) mass is 291 g/mol. The number of halogens is 1. The summed E-state index contributed by atoms with van der Waals surface area (Å²) in [6.45, 7) is 0.698. The highest BCUT2D eigenvalue weighted by molar-refractivity contribution is 6.18. The molecule has 0 aliphatic heterocycles. The SMILES string of the molecule is O=C(C1Cc2ccccc21)N(CCCl)C1CCCCC1. The molecule has 20 heavy (non-hydrogen) atoms. The zero-order valence-electron chi connectivity index (χ0n) is 11.9. The number of benzene rings is 1. The number of alkyl halides is 1. The molecule has 0 heterocycles. The van der Waals surface area contributed by atoms with Crippen molar-refractivity contribution < 1.29 is 4.79 Å². The van der Waals surface area contributed by atoms with Gasteiger partial charge < -0.3 is 4.90 Å². The molecule has 1 saturated carbocycles. The first-order chi connectivity index (χ1) is 9.81. The first-order valence-corrected chi connectivity index (χ1v) is 8.29. The maximum absolute atomic E-state index is 12.8. The van der Waals surface area contributed by atoms with Crippen LogP contribution in [0.5, 0.6) is 0 Å². The lowest BCUT2D eigenvalue weighted by Crippen LogP contribution is -2.47. The fourth-order valence-electron chi connectivity index (χ4n) is 3.64. The molecule has 0 saturated heterocycles. The van der Waals surface area contributed by atoms with Crippen molar-refractivity contribution in [3.05, 3.63) is 35.4 Å². The molecule has 1 fully saturated rings. The molecule has 0 N–H and O–H groups in total. The van der Waals surface area contributed by atoms with Gasteiger partial charge >= 0.3 is 0 Å². The summed E-state index contributed by atoms with van der Waals surface area (Å²) in [6.07, 6.45) is 7.01. The molecule has 1 unspecified atom stereocenters. The molecule has 108 valence electrons. The van der Waals surface area contributed by atoms with E-state index in [1.807, 2.05) is 6.07 Å². The predicted octanol–water partition coefficient (Wildman–Crippen LogP) is 3.73. The molecule has 3 heteroatoms. The second kappa shape index (κ2) is 6.17. The molecular weight excluding hydrogens is 270 g/mol.